The summed E-state index contributed by atoms with van der Waals surface area (Å²) in [6.45, 7) is 0. The summed E-state index contributed by atoms with van der Waals surface area (Å²) < 4.78 is 0. The quantitative estimate of drug-likeness (QED) is 0.684. The number of nitrogens with zero attached hydrogens (tertiary/aromatic N) is 2. The molecule has 0 N–H and O–H groups in total. The van der Waals surface area contributed by atoms with Crippen LogP contribution in [0.25, 0.3) is 0 Å². The highest BCUT2D eigenvalue weighted by atomic mass is 79.9. The predicted molar refractivity (Wildman–Crippen MR) is 48.4 cm³/mol. The highest BCUT2D eigenvalue weighted by Gasteiger charge is 2.09. The van der Waals surface area contributed by atoms with Crippen LogP contribution in [0.2, 0.25) is 0 Å². The van der Waals surface area contributed by atoms with E-state index in [9.17, 15) is 0 Å². The summed E-state index contributed by atoms with van der Waals surface area (Å²) in [5.74, 6) is 0. The first kappa shape index (κ1) is 8.77. The van der Waals surface area contributed by atoms with Crippen LogP contribution in [-0.4, -0.2) is 0 Å². The van der Waals surface area contributed by atoms with Crippen LogP contribution in [0.15, 0.2) is 24.3 Å². The van der Waals surface area contributed by atoms with Crippen molar-refractivity contribution in [3.05, 3.63) is 35.4 Å². The Labute approximate surface area is 79.2 Å². The van der Waals surface area contributed by atoms with E-state index in [1.807, 2.05) is 18.2 Å². The van der Waals surface area contributed by atoms with Crippen LogP contribution in [0.5, 0.6) is 0 Å². The van der Waals surface area contributed by atoms with Gasteiger partial charge in [0.2, 0.25) is 0 Å². The Morgan fingerprint density at radius 2 is 1.92 bits per heavy atom. The van der Waals surface area contributed by atoms with E-state index in [2.05, 4.69) is 15.9 Å². The van der Waals surface area contributed by atoms with Crippen molar-refractivity contribution in [1.82, 2.24) is 0 Å². The molecule has 0 heterocycles. The molecule has 0 aromatic heterocycles. The molecule has 1 aromatic rings. The van der Waals surface area contributed by atoms with E-state index < -0.39 is 4.83 Å². The predicted octanol–water partition coefficient (Wildman–Crippen LogP) is 2.52. The van der Waals surface area contributed by atoms with Gasteiger partial charge in [0.1, 0.15) is 4.83 Å². The summed E-state index contributed by atoms with van der Waals surface area (Å²) in [6, 6.07) is 11.1. The molecule has 0 aliphatic carbocycles. The van der Waals surface area contributed by atoms with Crippen LogP contribution in [0.1, 0.15) is 16.0 Å². The molecule has 2 nitrogen and oxygen atoms in total. The van der Waals surface area contributed by atoms with Gasteiger partial charge in [-0.2, -0.15) is 10.5 Å². The number of alkyl halides is 1. The Morgan fingerprint density at radius 1 is 1.25 bits per heavy atom. The minimum Gasteiger partial charge on any atom is -0.197 e. The smallest absolute Gasteiger partial charge is 0.127 e. The minimum absolute atomic E-state index is 0.395. The molecule has 0 fully saturated rings. The summed E-state index contributed by atoms with van der Waals surface area (Å²) in [6.07, 6.45) is 0. The van der Waals surface area contributed by atoms with E-state index in [1.165, 1.54) is 0 Å². The molecule has 0 radical (unpaired) electrons. The first-order valence-electron chi connectivity index (χ1n) is 3.32. The summed E-state index contributed by atoms with van der Waals surface area (Å²) in [7, 11) is 0. The zero-order chi connectivity index (χ0) is 8.97. The average Bonchev–Trinajstić information content (AvgIpc) is 2.16. The maximum Gasteiger partial charge on any atom is 0.127 e. The van der Waals surface area contributed by atoms with Crippen molar-refractivity contribution < 1.29 is 0 Å². The third-order valence-electron chi connectivity index (χ3n) is 1.47. The molecule has 0 aliphatic rings. The van der Waals surface area contributed by atoms with Gasteiger partial charge in [-0.05, 0) is 11.6 Å². The van der Waals surface area contributed by atoms with Crippen molar-refractivity contribution in [3.63, 3.8) is 0 Å². The molecule has 1 atom stereocenters. The molecule has 0 spiro atoms. The summed E-state index contributed by atoms with van der Waals surface area (Å²) >= 11 is 3.16. The topological polar surface area (TPSA) is 47.6 Å². The Morgan fingerprint density at radius 3 is 2.50 bits per heavy atom. The molecule has 1 aromatic carbocycles. The SMILES string of the molecule is N#Cc1ccccc1C(Br)C#N. The molecule has 12 heavy (non-hydrogen) atoms. The van der Waals surface area contributed by atoms with Gasteiger partial charge in [-0.15, -0.1) is 0 Å². The molecule has 0 aliphatic heterocycles. The molecule has 0 saturated carbocycles. The van der Waals surface area contributed by atoms with Gasteiger partial charge in [0.25, 0.3) is 0 Å². The molecular formula is C9H5BrN2. The Kier molecular flexibility index (Phi) is 2.85. The van der Waals surface area contributed by atoms with Crippen molar-refractivity contribution >= 4 is 15.9 Å². The van der Waals surface area contributed by atoms with Crippen molar-refractivity contribution in [2.75, 3.05) is 0 Å². The third kappa shape index (κ3) is 1.64. The molecule has 0 bridgehead atoms. The average molecular weight is 221 g/mol. The zero-order valence-electron chi connectivity index (χ0n) is 6.16. The second-order valence-corrected chi connectivity index (χ2v) is 3.11. The summed E-state index contributed by atoms with van der Waals surface area (Å²) in [4.78, 5) is -0.395. The van der Waals surface area contributed by atoms with E-state index in [0.717, 1.165) is 5.56 Å². The molecule has 1 unspecified atom stereocenters. The normalized spacial score (nSPS) is 11.2. The van der Waals surface area contributed by atoms with E-state index in [0.29, 0.717) is 5.56 Å². The van der Waals surface area contributed by atoms with Gasteiger partial charge < -0.3 is 0 Å². The van der Waals surface area contributed by atoms with Gasteiger partial charge in [0, 0.05) is 0 Å². The lowest BCUT2D eigenvalue weighted by Crippen LogP contribution is -1.89. The number of rotatable bonds is 1. The molecule has 0 amide bonds. The lowest BCUT2D eigenvalue weighted by molar-refractivity contribution is 1.23. The van der Waals surface area contributed by atoms with Crippen LogP contribution < -0.4 is 0 Å². The minimum atomic E-state index is -0.395. The van der Waals surface area contributed by atoms with E-state index >= 15 is 0 Å². The Balaban J connectivity index is 3.18. The lowest BCUT2D eigenvalue weighted by atomic mass is 10.1. The summed E-state index contributed by atoms with van der Waals surface area (Å²) in [5.41, 5.74) is 1.27. The highest BCUT2D eigenvalue weighted by Crippen LogP contribution is 2.24. The first-order chi connectivity index (χ1) is 5.79. The number of benzene rings is 1. The van der Waals surface area contributed by atoms with Crippen molar-refractivity contribution in [2.24, 2.45) is 0 Å². The number of hydrogen-bond donors (Lipinski definition) is 0. The molecule has 3 heteroatoms. The molecule has 1 rings (SSSR count). The lowest BCUT2D eigenvalue weighted by Gasteiger charge is -2.01. The third-order valence-corrected chi connectivity index (χ3v) is 2.17. The molecule has 0 saturated heterocycles. The van der Waals surface area contributed by atoms with E-state index in [4.69, 9.17) is 10.5 Å². The maximum atomic E-state index is 8.68. The van der Waals surface area contributed by atoms with E-state index in [-0.39, 0.29) is 0 Å². The maximum absolute atomic E-state index is 8.68. The van der Waals surface area contributed by atoms with Gasteiger partial charge in [0.05, 0.1) is 17.7 Å². The van der Waals surface area contributed by atoms with Crippen molar-refractivity contribution in [3.8, 4) is 12.1 Å². The standard InChI is InChI=1S/C9H5BrN2/c10-9(6-12)8-4-2-1-3-7(8)5-11/h1-4,9H. The van der Waals surface area contributed by atoms with Crippen LogP contribution in [0, 0.1) is 22.7 Å². The van der Waals surface area contributed by atoms with Gasteiger partial charge in [-0.1, -0.05) is 34.1 Å². The van der Waals surface area contributed by atoms with Crippen LogP contribution in [-0.2, 0) is 0 Å². The summed E-state index contributed by atoms with van der Waals surface area (Å²) in [5, 5.41) is 17.3. The number of halogens is 1. The number of nitriles is 2. The van der Waals surface area contributed by atoms with Gasteiger partial charge in [-0.25, -0.2) is 0 Å². The second kappa shape index (κ2) is 3.90. The van der Waals surface area contributed by atoms with Gasteiger partial charge in [-0.3, -0.25) is 0 Å². The van der Waals surface area contributed by atoms with Crippen molar-refractivity contribution in [1.29, 1.82) is 10.5 Å². The largest absolute Gasteiger partial charge is 0.197 e. The van der Waals surface area contributed by atoms with E-state index in [1.54, 1.807) is 18.2 Å². The van der Waals surface area contributed by atoms with Gasteiger partial charge >= 0.3 is 0 Å². The fourth-order valence-corrected chi connectivity index (χ4v) is 1.29. The fraction of sp³-hybridized carbons (Fsp3) is 0.111. The second-order valence-electron chi connectivity index (χ2n) is 2.19. The van der Waals surface area contributed by atoms with Crippen LogP contribution in [0.3, 0.4) is 0 Å². The Bertz CT molecular complexity index is 360. The molecular weight excluding hydrogens is 216 g/mol. The number of hydrogen-bond acceptors (Lipinski definition) is 2. The van der Waals surface area contributed by atoms with Crippen LogP contribution in [0.4, 0.5) is 0 Å². The highest BCUT2D eigenvalue weighted by molar-refractivity contribution is 9.09. The van der Waals surface area contributed by atoms with Crippen molar-refractivity contribution in [2.45, 2.75) is 4.83 Å². The monoisotopic (exact) mass is 220 g/mol. The fourth-order valence-electron chi connectivity index (χ4n) is 0.889. The zero-order valence-corrected chi connectivity index (χ0v) is 7.75. The van der Waals surface area contributed by atoms with Crippen LogP contribution >= 0.6 is 15.9 Å². The first-order valence-corrected chi connectivity index (χ1v) is 4.24. The molecule has 58 valence electrons. The van der Waals surface area contributed by atoms with Gasteiger partial charge in [0.15, 0.2) is 0 Å². The Hall–Kier alpha value is -1.32.